The van der Waals surface area contributed by atoms with Gasteiger partial charge in [-0.15, -0.1) is 0 Å². The zero-order valence-electron chi connectivity index (χ0n) is 12.1. The first kappa shape index (κ1) is 14.8. The molecule has 0 heterocycles. The second kappa shape index (κ2) is 6.23. The van der Waals surface area contributed by atoms with Crippen LogP contribution in [0, 0.1) is 6.92 Å². The summed E-state index contributed by atoms with van der Waals surface area (Å²) in [4.78, 5) is 12.2. The fourth-order valence-corrected chi connectivity index (χ4v) is 2.25. The van der Waals surface area contributed by atoms with Gasteiger partial charge in [-0.25, -0.2) is 0 Å². The molecule has 0 aromatic heterocycles. The maximum absolute atomic E-state index is 12.2. The SMILES string of the molecule is Cc1ccc(C(=O)Cc2ccc(C(C)C)cc2)cc1Cl. The van der Waals surface area contributed by atoms with Crippen LogP contribution in [0.1, 0.15) is 46.8 Å². The standard InChI is InChI=1S/C18H19ClO/c1-12(2)15-8-5-14(6-9-15)10-18(20)16-7-4-13(3)17(19)11-16/h4-9,11-12H,10H2,1-3H3. The fraction of sp³-hybridized carbons (Fsp3) is 0.278. The number of halogens is 1. The van der Waals surface area contributed by atoms with Crippen LogP contribution in [0.5, 0.6) is 0 Å². The van der Waals surface area contributed by atoms with E-state index in [-0.39, 0.29) is 5.78 Å². The van der Waals surface area contributed by atoms with Gasteiger partial charge >= 0.3 is 0 Å². The maximum atomic E-state index is 12.2. The van der Waals surface area contributed by atoms with E-state index in [0.717, 1.165) is 11.1 Å². The van der Waals surface area contributed by atoms with Crippen LogP contribution in [0.4, 0.5) is 0 Å². The third-order valence-corrected chi connectivity index (χ3v) is 3.91. The molecule has 104 valence electrons. The second-order valence-corrected chi connectivity index (χ2v) is 5.87. The van der Waals surface area contributed by atoms with Gasteiger partial charge in [0.05, 0.1) is 0 Å². The third kappa shape index (κ3) is 3.49. The summed E-state index contributed by atoms with van der Waals surface area (Å²) in [7, 11) is 0. The van der Waals surface area contributed by atoms with E-state index < -0.39 is 0 Å². The van der Waals surface area contributed by atoms with Crippen LogP contribution in [0.2, 0.25) is 5.02 Å². The van der Waals surface area contributed by atoms with Crippen LogP contribution >= 0.6 is 11.6 Å². The number of hydrogen-bond acceptors (Lipinski definition) is 1. The van der Waals surface area contributed by atoms with Crippen molar-refractivity contribution in [1.82, 2.24) is 0 Å². The van der Waals surface area contributed by atoms with Gasteiger partial charge in [0.1, 0.15) is 0 Å². The predicted octanol–water partition coefficient (Wildman–Crippen LogP) is 5.20. The molecule has 0 atom stereocenters. The molecule has 0 saturated heterocycles. The number of carbonyl (C=O) groups excluding carboxylic acids is 1. The van der Waals surface area contributed by atoms with Crippen molar-refractivity contribution in [3.05, 3.63) is 69.7 Å². The van der Waals surface area contributed by atoms with Crippen molar-refractivity contribution >= 4 is 17.4 Å². The van der Waals surface area contributed by atoms with Crippen molar-refractivity contribution in [3.63, 3.8) is 0 Å². The molecule has 0 amide bonds. The number of rotatable bonds is 4. The molecule has 20 heavy (non-hydrogen) atoms. The largest absolute Gasteiger partial charge is 0.294 e. The van der Waals surface area contributed by atoms with Gasteiger partial charge in [0, 0.05) is 17.0 Å². The van der Waals surface area contributed by atoms with E-state index in [1.165, 1.54) is 5.56 Å². The number of ketones is 1. The summed E-state index contributed by atoms with van der Waals surface area (Å²) in [6.45, 7) is 6.25. The highest BCUT2D eigenvalue weighted by atomic mass is 35.5. The quantitative estimate of drug-likeness (QED) is 0.706. The molecule has 2 heteroatoms. The van der Waals surface area contributed by atoms with Crippen molar-refractivity contribution in [3.8, 4) is 0 Å². The molecule has 0 spiro atoms. The molecule has 0 unspecified atom stereocenters. The smallest absolute Gasteiger partial charge is 0.167 e. The van der Waals surface area contributed by atoms with Gasteiger partial charge in [-0.3, -0.25) is 4.79 Å². The van der Waals surface area contributed by atoms with Crippen LogP contribution < -0.4 is 0 Å². The molecular formula is C18H19ClO. The van der Waals surface area contributed by atoms with Gasteiger partial charge in [-0.2, -0.15) is 0 Å². The van der Waals surface area contributed by atoms with E-state index in [0.29, 0.717) is 22.9 Å². The van der Waals surface area contributed by atoms with Gasteiger partial charge < -0.3 is 0 Å². The summed E-state index contributed by atoms with van der Waals surface area (Å²) in [5, 5.41) is 0.644. The Morgan fingerprint density at radius 1 is 1.10 bits per heavy atom. The third-order valence-electron chi connectivity index (χ3n) is 3.50. The average Bonchev–Trinajstić information content (AvgIpc) is 2.42. The van der Waals surface area contributed by atoms with Crippen LogP contribution in [0.3, 0.4) is 0 Å². The molecule has 0 aliphatic carbocycles. The molecule has 0 aliphatic rings. The lowest BCUT2D eigenvalue weighted by Crippen LogP contribution is -2.04. The van der Waals surface area contributed by atoms with Crippen LogP contribution in [0.15, 0.2) is 42.5 Å². The predicted molar refractivity (Wildman–Crippen MR) is 84.8 cm³/mol. The summed E-state index contributed by atoms with van der Waals surface area (Å²) in [6, 6.07) is 13.7. The van der Waals surface area contributed by atoms with E-state index in [9.17, 15) is 4.79 Å². The molecule has 2 aromatic rings. The molecule has 0 fully saturated rings. The van der Waals surface area contributed by atoms with E-state index >= 15 is 0 Å². The Labute approximate surface area is 125 Å². The lowest BCUT2D eigenvalue weighted by atomic mass is 9.98. The van der Waals surface area contributed by atoms with Crippen LogP contribution in [-0.4, -0.2) is 5.78 Å². The molecular weight excluding hydrogens is 268 g/mol. The first-order chi connectivity index (χ1) is 9.47. The number of carbonyl (C=O) groups is 1. The molecule has 0 saturated carbocycles. The number of hydrogen-bond donors (Lipinski definition) is 0. The lowest BCUT2D eigenvalue weighted by molar-refractivity contribution is 0.0993. The molecule has 2 aromatic carbocycles. The minimum Gasteiger partial charge on any atom is -0.294 e. The van der Waals surface area contributed by atoms with Gasteiger partial charge in [-0.05, 0) is 35.6 Å². The van der Waals surface area contributed by atoms with Crippen molar-refractivity contribution in [1.29, 1.82) is 0 Å². The van der Waals surface area contributed by atoms with Gasteiger partial charge in [-0.1, -0.05) is 61.8 Å². The molecule has 1 nitrogen and oxygen atoms in total. The summed E-state index contributed by atoms with van der Waals surface area (Å²) >= 11 is 6.06. The van der Waals surface area contributed by atoms with E-state index in [1.807, 2.05) is 31.2 Å². The van der Waals surface area contributed by atoms with Gasteiger partial charge in [0.25, 0.3) is 0 Å². The van der Waals surface area contributed by atoms with Crippen molar-refractivity contribution < 1.29 is 4.79 Å². The van der Waals surface area contributed by atoms with Gasteiger partial charge in [0.15, 0.2) is 5.78 Å². The Hall–Kier alpha value is -1.60. The van der Waals surface area contributed by atoms with Crippen LogP contribution in [-0.2, 0) is 6.42 Å². The normalized spacial score (nSPS) is 10.8. The summed E-state index contributed by atoms with van der Waals surface area (Å²) in [5.74, 6) is 0.611. The van der Waals surface area contributed by atoms with E-state index in [4.69, 9.17) is 11.6 Å². The molecule has 2 rings (SSSR count). The maximum Gasteiger partial charge on any atom is 0.167 e. The van der Waals surface area contributed by atoms with Crippen molar-refractivity contribution in [2.45, 2.75) is 33.1 Å². The average molecular weight is 287 g/mol. The molecule has 0 bridgehead atoms. The Morgan fingerprint density at radius 3 is 2.30 bits per heavy atom. The van der Waals surface area contributed by atoms with Gasteiger partial charge in [0.2, 0.25) is 0 Å². The molecule has 0 aliphatic heterocycles. The highest BCUT2D eigenvalue weighted by molar-refractivity contribution is 6.31. The Balaban J connectivity index is 2.12. The lowest BCUT2D eigenvalue weighted by Gasteiger charge is -2.07. The fourth-order valence-electron chi connectivity index (χ4n) is 2.07. The summed E-state index contributed by atoms with van der Waals surface area (Å²) < 4.78 is 0. The minimum absolute atomic E-state index is 0.101. The Morgan fingerprint density at radius 2 is 1.75 bits per heavy atom. The zero-order valence-corrected chi connectivity index (χ0v) is 12.9. The number of benzene rings is 2. The zero-order chi connectivity index (χ0) is 14.7. The van der Waals surface area contributed by atoms with Crippen molar-refractivity contribution in [2.24, 2.45) is 0 Å². The highest BCUT2D eigenvalue weighted by Crippen LogP contribution is 2.19. The topological polar surface area (TPSA) is 17.1 Å². The summed E-state index contributed by atoms with van der Waals surface area (Å²) in [5.41, 5.74) is 3.99. The van der Waals surface area contributed by atoms with E-state index in [2.05, 4.69) is 26.0 Å². The molecule has 0 radical (unpaired) electrons. The Kier molecular flexibility index (Phi) is 4.61. The van der Waals surface area contributed by atoms with E-state index in [1.54, 1.807) is 6.07 Å². The summed E-state index contributed by atoms with van der Waals surface area (Å²) in [6.07, 6.45) is 0.414. The minimum atomic E-state index is 0.101. The molecule has 0 N–H and O–H groups in total. The number of aryl methyl sites for hydroxylation is 1. The Bertz CT molecular complexity index is 612. The number of Topliss-reactive ketones (excluding diaryl/α,β-unsaturated/α-hetero) is 1. The highest BCUT2D eigenvalue weighted by Gasteiger charge is 2.09. The first-order valence-corrected chi connectivity index (χ1v) is 7.23. The van der Waals surface area contributed by atoms with Crippen molar-refractivity contribution in [2.75, 3.05) is 0 Å². The van der Waals surface area contributed by atoms with Crippen LogP contribution in [0.25, 0.3) is 0 Å². The first-order valence-electron chi connectivity index (χ1n) is 6.85. The monoisotopic (exact) mass is 286 g/mol. The second-order valence-electron chi connectivity index (χ2n) is 5.46.